The Morgan fingerprint density at radius 2 is 1.68 bits per heavy atom. The summed E-state index contributed by atoms with van der Waals surface area (Å²) in [6.45, 7) is 2.80. The van der Waals surface area contributed by atoms with Gasteiger partial charge in [-0.05, 0) is 67.4 Å². The second-order valence-corrected chi connectivity index (χ2v) is 11.6. The van der Waals surface area contributed by atoms with E-state index in [1.54, 1.807) is 36.4 Å². The van der Waals surface area contributed by atoms with Gasteiger partial charge in [-0.15, -0.1) is 0 Å². The third-order valence-corrected chi connectivity index (χ3v) is 7.72. The van der Waals surface area contributed by atoms with E-state index in [1.165, 1.54) is 44.2 Å². The molecule has 0 spiro atoms. The molecule has 3 aromatic rings. The van der Waals surface area contributed by atoms with Gasteiger partial charge in [0, 0.05) is 11.3 Å². The van der Waals surface area contributed by atoms with Crippen molar-refractivity contribution in [2.24, 2.45) is 5.73 Å². The van der Waals surface area contributed by atoms with Crippen LogP contribution >= 0.6 is 0 Å². The average Bonchev–Trinajstić information content (AvgIpc) is 3.17. The summed E-state index contributed by atoms with van der Waals surface area (Å²) >= 11 is 0. The number of nitrogens with two attached hydrogens (primary N) is 1. The van der Waals surface area contributed by atoms with Crippen molar-refractivity contribution in [3.8, 4) is 0 Å². The molecule has 4 rings (SSSR count). The van der Waals surface area contributed by atoms with Crippen LogP contribution in [-0.2, 0) is 30.8 Å². The highest BCUT2D eigenvalue weighted by atomic mass is 32.2. The maximum Gasteiger partial charge on any atom is 0.307 e. The number of amides is 2. The van der Waals surface area contributed by atoms with Gasteiger partial charge in [0.1, 0.15) is 11.4 Å². The molecule has 1 heterocycles. The molecule has 12 heteroatoms. The van der Waals surface area contributed by atoms with Crippen LogP contribution in [0.4, 0.5) is 21.5 Å². The number of hydrogen-bond donors (Lipinski definition) is 4. The van der Waals surface area contributed by atoms with Crippen LogP contribution in [0, 0.1) is 5.82 Å². The Kier molecular flexibility index (Phi) is 7.40. The van der Waals surface area contributed by atoms with Gasteiger partial charge in [-0.1, -0.05) is 24.3 Å². The Hall–Kier alpha value is -4.71. The van der Waals surface area contributed by atoms with Crippen molar-refractivity contribution >= 4 is 56.1 Å². The SMILES string of the molecule is CC(C)(C(N)=O)N(c1ccc(N/C(=C2\C(=O)Nc3cc(F)ccc32)c2ccc(CC(=O)O)cc2)cc1)S(C)(=O)=O. The number of hydrogen-bond acceptors (Lipinski definition) is 6. The van der Waals surface area contributed by atoms with Crippen LogP contribution in [0.15, 0.2) is 66.7 Å². The summed E-state index contributed by atoms with van der Waals surface area (Å²) in [5.41, 5.74) is 7.06. The normalized spacial score (nSPS) is 14.2. The van der Waals surface area contributed by atoms with Crippen molar-refractivity contribution in [2.75, 3.05) is 21.2 Å². The molecule has 0 unspecified atom stereocenters. The molecule has 208 valence electrons. The number of halogens is 1. The van der Waals surface area contributed by atoms with Crippen molar-refractivity contribution in [1.29, 1.82) is 0 Å². The van der Waals surface area contributed by atoms with E-state index < -0.39 is 39.2 Å². The van der Waals surface area contributed by atoms with Crippen molar-refractivity contribution in [3.63, 3.8) is 0 Å². The molecule has 2 amide bonds. The average molecular weight is 567 g/mol. The summed E-state index contributed by atoms with van der Waals surface area (Å²) in [6.07, 6.45) is 0.793. The number of carboxylic acid groups (broad SMARTS) is 1. The van der Waals surface area contributed by atoms with Gasteiger partial charge >= 0.3 is 5.97 Å². The lowest BCUT2D eigenvalue weighted by atomic mass is 9.98. The van der Waals surface area contributed by atoms with E-state index in [0.717, 1.165) is 10.6 Å². The van der Waals surface area contributed by atoms with E-state index in [2.05, 4.69) is 10.6 Å². The highest BCUT2D eigenvalue weighted by molar-refractivity contribution is 7.92. The molecule has 5 N–H and O–H groups in total. The fraction of sp³-hybridized carbons (Fsp3) is 0.179. The van der Waals surface area contributed by atoms with Crippen LogP contribution in [0.2, 0.25) is 0 Å². The van der Waals surface area contributed by atoms with Crippen LogP contribution in [-0.4, -0.2) is 43.1 Å². The van der Waals surface area contributed by atoms with Gasteiger partial charge in [-0.2, -0.15) is 0 Å². The molecular weight excluding hydrogens is 539 g/mol. The van der Waals surface area contributed by atoms with Gasteiger partial charge in [0.15, 0.2) is 0 Å². The summed E-state index contributed by atoms with van der Waals surface area (Å²) < 4.78 is 39.9. The minimum Gasteiger partial charge on any atom is -0.481 e. The van der Waals surface area contributed by atoms with Crippen molar-refractivity contribution in [2.45, 2.75) is 25.8 Å². The highest BCUT2D eigenvalue weighted by Crippen LogP contribution is 2.38. The molecule has 10 nitrogen and oxygen atoms in total. The molecular formula is C28H27FN4O6S. The van der Waals surface area contributed by atoms with Gasteiger partial charge in [-0.3, -0.25) is 18.7 Å². The smallest absolute Gasteiger partial charge is 0.307 e. The van der Waals surface area contributed by atoms with Crippen molar-refractivity contribution < 1.29 is 32.3 Å². The maximum atomic E-state index is 13.8. The molecule has 0 atom stereocenters. The second-order valence-electron chi connectivity index (χ2n) is 9.78. The van der Waals surface area contributed by atoms with Gasteiger partial charge in [0.05, 0.1) is 35.3 Å². The van der Waals surface area contributed by atoms with Crippen LogP contribution in [0.3, 0.4) is 0 Å². The fourth-order valence-electron chi connectivity index (χ4n) is 4.49. The number of nitrogens with one attached hydrogen (secondary N) is 2. The quantitative estimate of drug-likeness (QED) is 0.289. The molecule has 0 aromatic heterocycles. The predicted octanol–water partition coefficient (Wildman–Crippen LogP) is 3.42. The zero-order chi connectivity index (χ0) is 29.4. The van der Waals surface area contributed by atoms with Gasteiger partial charge in [0.2, 0.25) is 15.9 Å². The number of anilines is 3. The van der Waals surface area contributed by atoms with E-state index in [-0.39, 0.29) is 17.7 Å². The highest BCUT2D eigenvalue weighted by Gasteiger charge is 2.39. The van der Waals surface area contributed by atoms with Crippen molar-refractivity contribution in [3.05, 3.63) is 89.2 Å². The van der Waals surface area contributed by atoms with Crippen LogP contribution in [0.1, 0.15) is 30.5 Å². The zero-order valence-corrected chi connectivity index (χ0v) is 22.7. The summed E-state index contributed by atoms with van der Waals surface area (Å²) in [6, 6.07) is 16.6. The third kappa shape index (κ3) is 5.66. The van der Waals surface area contributed by atoms with E-state index in [1.807, 2.05) is 0 Å². The Balaban J connectivity index is 1.80. The summed E-state index contributed by atoms with van der Waals surface area (Å²) in [4.78, 5) is 36.2. The lowest BCUT2D eigenvalue weighted by Crippen LogP contribution is -2.55. The number of primary amides is 1. The van der Waals surface area contributed by atoms with E-state index in [9.17, 15) is 27.2 Å². The first kappa shape index (κ1) is 28.3. The molecule has 0 fully saturated rings. The topological polar surface area (TPSA) is 159 Å². The van der Waals surface area contributed by atoms with Crippen LogP contribution in [0.25, 0.3) is 11.3 Å². The van der Waals surface area contributed by atoms with E-state index in [0.29, 0.717) is 33.8 Å². The van der Waals surface area contributed by atoms with Crippen molar-refractivity contribution in [1.82, 2.24) is 0 Å². The Morgan fingerprint density at radius 3 is 2.23 bits per heavy atom. The lowest BCUT2D eigenvalue weighted by Gasteiger charge is -2.35. The molecule has 0 aliphatic carbocycles. The first-order chi connectivity index (χ1) is 18.7. The molecule has 0 saturated heterocycles. The zero-order valence-electron chi connectivity index (χ0n) is 21.9. The van der Waals surface area contributed by atoms with Crippen LogP contribution in [0.5, 0.6) is 0 Å². The van der Waals surface area contributed by atoms with Gasteiger partial charge in [0.25, 0.3) is 5.91 Å². The Morgan fingerprint density at radius 1 is 1.05 bits per heavy atom. The number of nitrogens with zero attached hydrogens (tertiary/aromatic N) is 1. The van der Waals surface area contributed by atoms with Crippen LogP contribution < -0.4 is 20.7 Å². The minimum absolute atomic E-state index is 0.178. The number of carboxylic acids is 1. The number of carbonyl (C=O) groups excluding carboxylic acids is 2. The maximum absolute atomic E-state index is 13.8. The number of fused-ring (bicyclic) bond motifs is 1. The molecule has 1 aliphatic rings. The minimum atomic E-state index is -3.89. The molecule has 0 saturated carbocycles. The Labute approximate surface area is 230 Å². The standard InChI is InChI=1S/C28H27FN4O6S/c1-28(2,27(30)37)33(40(3,38)39)20-11-9-19(10-12-20)31-25(17-6-4-16(5-7-17)14-23(34)35)24-21-13-8-18(29)15-22(21)32-26(24)36/h4-13,15,31H,14H2,1-3H3,(H2,30,37)(H,32,36)(H,34,35)/b25-24-. The molecule has 40 heavy (non-hydrogen) atoms. The monoisotopic (exact) mass is 566 g/mol. The number of rotatable bonds is 9. The molecule has 1 aliphatic heterocycles. The second kappa shape index (κ2) is 10.5. The Bertz CT molecular complexity index is 1650. The number of benzene rings is 3. The largest absolute Gasteiger partial charge is 0.481 e. The summed E-state index contributed by atoms with van der Waals surface area (Å²) in [5.74, 6) is -2.81. The first-order valence-electron chi connectivity index (χ1n) is 12.0. The number of aliphatic carboxylic acids is 1. The predicted molar refractivity (Wildman–Crippen MR) is 150 cm³/mol. The number of sulfonamides is 1. The lowest BCUT2D eigenvalue weighted by molar-refractivity contribution is -0.136. The van der Waals surface area contributed by atoms with Gasteiger partial charge in [-0.25, -0.2) is 12.8 Å². The summed E-state index contributed by atoms with van der Waals surface area (Å²) in [5, 5.41) is 15.0. The summed E-state index contributed by atoms with van der Waals surface area (Å²) in [7, 11) is -3.89. The molecule has 0 radical (unpaired) electrons. The van der Waals surface area contributed by atoms with E-state index >= 15 is 0 Å². The third-order valence-electron chi connectivity index (χ3n) is 6.39. The van der Waals surface area contributed by atoms with E-state index in [4.69, 9.17) is 10.8 Å². The first-order valence-corrected chi connectivity index (χ1v) is 13.9. The molecule has 0 bridgehead atoms. The van der Waals surface area contributed by atoms with Gasteiger partial charge < -0.3 is 21.5 Å². The fourth-order valence-corrected chi connectivity index (χ4v) is 5.91. The molecule has 3 aromatic carbocycles. The number of carbonyl (C=O) groups is 3.